The van der Waals surface area contributed by atoms with E-state index in [0.717, 1.165) is 0 Å². The van der Waals surface area contributed by atoms with Gasteiger partial charge in [0.15, 0.2) is 0 Å². The summed E-state index contributed by atoms with van der Waals surface area (Å²) in [5, 5.41) is 0.434. The maximum absolute atomic E-state index is 12.8. The fraction of sp³-hybridized carbons (Fsp3) is 0.0833. The molecule has 0 amide bonds. The molecule has 0 aliphatic heterocycles. The van der Waals surface area contributed by atoms with E-state index in [0.29, 0.717) is 16.1 Å². The minimum Gasteiger partial charge on any atom is -0.264 e. The summed E-state index contributed by atoms with van der Waals surface area (Å²) in [7, 11) is 0. The number of hydrogen-bond donors (Lipinski definition) is 0. The fourth-order valence-electron chi connectivity index (χ4n) is 1.49. The molecule has 4 heteroatoms. The van der Waals surface area contributed by atoms with Crippen LogP contribution in [0.4, 0.5) is 8.78 Å². The van der Waals surface area contributed by atoms with Gasteiger partial charge in [0.25, 0.3) is 6.43 Å². The van der Waals surface area contributed by atoms with Crippen LogP contribution in [-0.2, 0) is 0 Å². The first-order valence-electron chi connectivity index (χ1n) is 4.66. The first-order valence-corrected chi connectivity index (χ1v) is 5.04. The largest absolute Gasteiger partial charge is 0.264 e. The quantitative estimate of drug-likeness (QED) is 0.760. The predicted octanol–water partition coefficient (Wildman–Crippen LogP) is 4.34. The van der Waals surface area contributed by atoms with Gasteiger partial charge in [-0.15, -0.1) is 0 Å². The first kappa shape index (κ1) is 11.0. The first-order chi connectivity index (χ1) is 7.68. The van der Waals surface area contributed by atoms with Gasteiger partial charge in [0.05, 0.1) is 0 Å². The van der Waals surface area contributed by atoms with E-state index in [9.17, 15) is 8.78 Å². The molecule has 0 radical (unpaired) electrons. The third-order valence-corrected chi connectivity index (χ3v) is 2.46. The molecule has 16 heavy (non-hydrogen) atoms. The number of alkyl halides is 2. The highest BCUT2D eigenvalue weighted by Gasteiger charge is 2.14. The maximum atomic E-state index is 12.8. The number of aromatic nitrogens is 1. The van der Waals surface area contributed by atoms with Crippen LogP contribution in [0.5, 0.6) is 0 Å². The Morgan fingerprint density at radius 3 is 2.62 bits per heavy atom. The van der Waals surface area contributed by atoms with Gasteiger partial charge in [-0.3, -0.25) is 4.98 Å². The maximum Gasteiger partial charge on any atom is 0.264 e. The lowest BCUT2D eigenvalue weighted by Crippen LogP contribution is -1.90. The highest BCUT2D eigenvalue weighted by molar-refractivity contribution is 6.30. The number of rotatable bonds is 2. The van der Waals surface area contributed by atoms with E-state index in [1.165, 1.54) is 24.4 Å². The lowest BCUT2D eigenvalue weighted by atomic mass is 10.0. The second-order valence-corrected chi connectivity index (χ2v) is 3.71. The highest BCUT2D eigenvalue weighted by Crippen LogP contribution is 2.32. The van der Waals surface area contributed by atoms with E-state index < -0.39 is 6.43 Å². The Morgan fingerprint density at radius 2 is 2.00 bits per heavy atom. The van der Waals surface area contributed by atoms with Crippen LogP contribution in [0.3, 0.4) is 0 Å². The van der Waals surface area contributed by atoms with E-state index in [4.69, 9.17) is 11.6 Å². The standard InChI is InChI=1S/C12H8ClF2N/c13-9-3-4-10(12(14)15)11(6-9)8-2-1-5-16-7-8/h1-7,12H. The smallest absolute Gasteiger partial charge is 0.264 e. The molecule has 2 rings (SSSR count). The molecule has 0 aliphatic rings. The summed E-state index contributed by atoms with van der Waals surface area (Å²) in [6.07, 6.45) is 0.612. The zero-order valence-corrected chi connectivity index (χ0v) is 8.96. The second kappa shape index (κ2) is 4.58. The number of nitrogens with zero attached hydrogens (tertiary/aromatic N) is 1. The highest BCUT2D eigenvalue weighted by atomic mass is 35.5. The Morgan fingerprint density at radius 1 is 1.19 bits per heavy atom. The molecule has 0 bridgehead atoms. The fourth-order valence-corrected chi connectivity index (χ4v) is 1.66. The van der Waals surface area contributed by atoms with Crippen LogP contribution in [0, 0.1) is 0 Å². The van der Waals surface area contributed by atoms with Gasteiger partial charge >= 0.3 is 0 Å². The third kappa shape index (κ3) is 2.19. The minimum atomic E-state index is -2.52. The van der Waals surface area contributed by atoms with Crippen LogP contribution in [0.1, 0.15) is 12.0 Å². The second-order valence-electron chi connectivity index (χ2n) is 3.27. The normalized spacial score (nSPS) is 10.8. The molecule has 1 nitrogen and oxygen atoms in total. The van der Waals surface area contributed by atoms with E-state index >= 15 is 0 Å². The zero-order valence-electron chi connectivity index (χ0n) is 8.20. The topological polar surface area (TPSA) is 12.9 Å². The summed E-state index contributed by atoms with van der Waals surface area (Å²) >= 11 is 5.81. The molecule has 1 aromatic heterocycles. The van der Waals surface area contributed by atoms with Crippen molar-refractivity contribution in [1.82, 2.24) is 4.98 Å². The van der Waals surface area contributed by atoms with Crippen molar-refractivity contribution in [2.24, 2.45) is 0 Å². The molecule has 0 atom stereocenters. The van der Waals surface area contributed by atoms with Gasteiger partial charge in [-0.05, 0) is 23.8 Å². The Balaban J connectivity index is 2.58. The van der Waals surface area contributed by atoms with Crippen molar-refractivity contribution >= 4 is 11.6 Å². The van der Waals surface area contributed by atoms with Crippen molar-refractivity contribution in [3.8, 4) is 11.1 Å². The summed E-state index contributed by atoms with van der Waals surface area (Å²) in [4.78, 5) is 3.90. The van der Waals surface area contributed by atoms with Gasteiger partial charge < -0.3 is 0 Å². The van der Waals surface area contributed by atoms with Crippen molar-refractivity contribution in [2.45, 2.75) is 6.43 Å². The van der Waals surface area contributed by atoms with Gasteiger partial charge in [0.2, 0.25) is 0 Å². The Kier molecular flexibility index (Phi) is 3.15. The van der Waals surface area contributed by atoms with E-state index in [-0.39, 0.29) is 5.56 Å². The number of benzene rings is 1. The molecular weight excluding hydrogens is 232 g/mol. The monoisotopic (exact) mass is 239 g/mol. The minimum absolute atomic E-state index is 0.0302. The summed E-state index contributed by atoms with van der Waals surface area (Å²) in [6, 6.07) is 7.76. The van der Waals surface area contributed by atoms with Crippen LogP contribution in [0.2, 0.25) is 5.02 Å². The van der Waals surface area contributed by atoms with Gasteiger partial charge in [0.1, 0.15) is 0 Å². The van der Waals surface area contributed by atoms with Crippen LogP contribution in [0.15, 0.2) is 42.7 Å². The van der Waals surface area contributed by atoms with Crippen LogP contribution >= 0.6 is 11.6 Å². The molecule has 0 fully saturated rings. The summed E-state index contributed by atoms with van der Waals surface area (Å²) in [5.74, 6) is 0. The SMILES string of the molecule is FC(F)c1ccc(Cl)cc1-c1cccnc1. The lowest BCUT2D eigenvalue weighted by molar-refractivity contribution is 0.152. The average molecular weight is 240 g/mol. The molecule has 1 aromatic carbocycles. The van der Waals surface area contributed by atoms with Gasteiger partial charge in [-0.1, -0.05) is 23.7 Å². The van der Waals surface area contributed by atoms with Crippen LogP contribution in [-0.4, -0.2) is 4.98 Å². The molecule has 2 aromatic rings. The van der Waals surface area contributed by atoms with Gasteiger partial charge in [0, 0.05) is 28.5 Å². The molecule has 82 valence electrons. The van der Waals surface area contributed by atoms with E-state index in [1.54, 1.807) is 18.3 Å². The Hall–Kier alpha value is -1.48. The molecule has 0 unspecified atom stereocenters. The molecule has 0 saturated heterocycles. The Bertz CT molecular complexity index is 486. The summed E-state index contributed by atoms with van der Waals surface area (Å²) in [5.41, 5.74) is 1.04. The van der Waals surface area contributed by atoms with Crippen molar-refractivity contribution < 1.29 is 8.78 Å². The molecule has 0 saturated carbocycles. The van der Waals surface area contributed by atoms with Crippen molar-refractivity contribution in [3.63, 3.8) is 0 Å². The summed E-state index contributed by atoms with van der Waals surface area (Å²) < 4.78 is 25.6. The third-order valence-electron chi connectivity index (χ3n) is 2.22. The molecule has 0 aliphatic carbocycles. The Labute approximate surface area is 96.7 Å². The number of halogens is 3. The summed E-state index contributed by atoms with van der Waals surface area (Å²) in [6.45, 7) is 0. The van der Waals surface area contributed by atoms with Gasteiger partial charge in [-0.25, -0.2) is 8.78 Å². The predicted molar refractivity (Wildman–Crippen MR) is 59.6 cm³/mol. The zero-order chi connectivity index (χ0) is 11.5. The van der Waals surface area contributed by atoms with Crippen molar-refractivity contribution in [3.05, 3.63) is 53.3 Å². The van der Waals surface area contributed by atoms with Crippen LogP contribution < -0.4 is 0 Å². The molecule has 1 heterocycles. The average Bonchev–Trinajstić information content (AvgIpc) is 2.29. The van der Waals surface area contributed by atoms with Crippen molar-refractivity contribution in [1.29, 1.82) is 0 Å². The van der Waals surface area contributed by atoms with E-state index in [1.807, 2.05) is 0 Å². The van der Waals surface area contributed by atoms with Crippen molar-refractivity contribution in [2.75, 3.05) is 0 Å². The molecular formula is C12H8ClF2N. The van der Waals surface area contributed by atoms with E-state index in [2.05, 4.69) is 4.98 Å². The molecule has 0 N–H and O–H groups in total. The number of pyridine rings is 1. The van der Waals surface area contributed by atoms with Gasteiger partial charge in [-0.2, -0.15) is 0 Å². The lowest BCUT2D eigenvalue weighted by Gasteiger charge is -2.08. The molecule has 0 spiro atoms. The number of hydrogen-bond acceptors (Lipinski definition) is 1. The van der Waals surface area contributed by atoms with Crippen LogP contribution in [0.25, 0.3) is 11.1 Å².